The molecule has 1 fully saturated rings. The maximum atomic E-state index is 13.2. The Bertz CT molecular complexity index is 1080. The van der Waals surface area contributed by atoms with E-state index in [-0.39, 0.29) is 6.54 Å². The largest absolute Gasteiger partial charge is 0.347 e. The van der Waals surface area contributed by atoms with Crippen LogP contribution in [0.4, 0.5) is 9.18 Å². The van der Waals surface area contributed by atoms with Crippen LogP contribution >= 0.6 is 0 Å². The van der Waals surface area contributed by atoms with Gasteiger partial charge in [0, 0.05) is 0 Å². The fourth-order valence-electron chi connectivity index (χ4n) is 3.29. The molecule has 1 unspecified atom stereocenters. The maximum Gasteiger partial charge on any atom is 0.325 e. The van der Waals surface area contributed by atoms with Crippen LogP contribution in [0.5, 0.6) is 0 Å². The third kappa shape index (κ3) is 3.42. The molecule has 1 aliphatic rings. The molecular formula is C20H18FN5O3. The summed E-state index contributed by atoms with van der Waals surface area (Å²) in [5, 5.41) is 5.23. The second-order valence-corrected chi connectivity index (χ2v) is 6.93. The van der Waals surface area contributed by atoms with Gasteiger partial charge in [0.15, 0.2) is 0 Å². The van der Waals surface area contributed by atoms with Gasteiger partial charge in [-0.25, -0.2) is 14.2 Å². The van der Waals surface area contributed by atoms with Crippen molar-refractivity contribution in [1.82, 2.24) is 25.5 Å². The summed E-state index contributed by atoms with van der Waals surface area (Å²) in [6.45, 7) is 1.22. The predicted molar refractivity (Wildman–Crippen MR) is 102 cm³/mol. The fraction of sp³-hybridized carbons (Fsp3) is 0.200. The zero-order chi connectivity index (χ0) is 20.6. The Morgan fingerprint density at radius 3 is 2.62 bits per heavy atom. The van der Waals surface area contributed by atoms with Crippen LogP contribution in [0.1, 0.15) is 18.3 Å². The quantitative estimate of drug-likeness (QED) is 0.573. The van der Waals surface area contributed by atoms with Crippen molar-refractivity contribution in [2.45, 2.75) is 19.0 Å². The number of hydrogen-bond acceptors (Lipinski definition) is 4. The van der Waals surface area contributed by atoms with Crippen LogP contribution < -0.4 is 10.6 Å². The molecule has 0 aliphatic carbocycles. The summed E-state index contributed by atoms with van der Waals surface area (Å²) in [7, 11) is 0. The van der Waals surface area contributed by atoms with Crippen molar-refractivity contribution in [1.29, 1.82) is 0 Å². The normalized spacial score (nSPS) is 18.9. The minimum absolute atomic E-state index is 0.131. The van der Waals surface area contributed by atoms with Crippen LogP contribution in [0.3, 0.4) is 0 Å². The van der Waals surface area contributed by atoms with E-state index in [1.807, 2.05) is 24.3 Å². The smallest absolute Gasteiger partial charge is 0.325 e. The number of halogens is 1. The average Bonchev–Trinajstić information content (AvgIpc) is 3.21. The van der Waals surface area contributed by atoms with Gasteiger partial charge in [0.1, 0.15) is 23.7 Å². The van der Waals surface area contributed by atoms with E-state index in [4.69, 9.17) is 0 Å². The summed E-state index contributed by atoms with van der Waals surface area (Å²) < 4.78 is 13.2. The summed E-state index contributed by atoms with van der Waals surface area (Å²) in [5.41, 5.74) is 0.702. The fourth-order valence-corrected chi connectivity index (χ4v) is 3.29. The van der Waals surface area contributed by atoms with E-state index in [2.05, 4.69) is 20.6 Å². The van der Waals surface area contributed by atoms with Gasteiger partial charge in [-0.3, -0.25) is 14.5 Å². The molecular weight excluding hydrogens is 377 g/mol. The summed E-state index contributed by atoms with van der Waals surface area (Å²) in [6.07, 6.45) is 0. The Labute approximate surface area is 165 Å². The number of carbonyl (C=O) groups is 3. The summed E-state index contributed by atoms with van der Waals surface area (Å²) >= 11 is 0. The number of imidazole rings is 1. The highest BCUT2D eigenvalue weighted by molar-refractivity contribution is 6.09. The molecule has 0 bridgehead atoms. The zero-order valence-corrected chi connectivity index (χ0v) is 15.5. The topological polar surface area (TPSA) is 107 Å². The molecule has 1 saturated heterocycles. The van der Waals surface area contributed by atoms with E-state index in [0.29, 0.717) is 11.4 Å². The number of imide groups is 1. The Morgan fingerprint density at radius 2 is 1.90 bits per heavy atom. The highest BCUT2D eigenvalue weighted by Gasteiger charge is 2.49. The van der Waals surface area contributed by atoms with Crippen molar-refractivity contribution >= 4 is 28.9 Å². The van der Waals surface area contributed by atoms with Crippen molar-refractivity contribution in [2.75, 3.05) is 6.54 Å². The summed E-state index contributed by atoms with van der Waals surface area (Å²) in [6, 6.07) is 12.1. The minimum Gasteiger partial charge on any atom is -0.347 e. The van der Waals surface area contributed by atoms with Crippen LogP contribution in [0.15, 0.2) is 48.5 Å². The number of rotatable bonds is 5. The van der Waals surface area contributed by atoms with Gasteiger partial charge in [-0.05, 0) is 36.8 Å². The molecule has 3 aromatic rings. The van der Waals surface area contributed by atoms with E-state index in [1.165, 1.54) is 31.2 Å². The van der Waals surface area contributed by atoms with Gasteiger partial charge in [-0.1, -0.05) is 24.3 Å². The van der Waals surface area contributed by atoms with Gasteiger partial charge in [0.05, 0.1) is 17.6 Å². The predicted octanol–water partition coefficient (Wildman–Crippen LogP) is 1.79. The van der Waals surface area contributed by atoms with Crippen molar-refractivity contribution in [3.8, 4) is 0 Å². The molecule has 1 atom stereocenters. The number of aromatic amines is 1. The first-order valence-electron chi connectivity index (χ1n) is 8.97. The van der Waals surface area contributed by atoms with E-state index in [1.54, 1.807) is 0 Å². The minimum atomic E-state index is -1.36. The number of urea groups is 1. The van der Waals surface area contributed by atoms with Gasteiger partial charge in [-0.15, -0.1) is 0 Å². The number of nitrogens with zero attached hydrogens (tertiary/aromatic N) is 2. The van der Waals surface area contributed by atoms with Gasteiger partial charge < -0.3 is 15.6 Å². The number of hydrogen-bond donors (Lipinski definition) is 3. The van der Waals surface area contributed by atoms with Crippen molar-refractivity contribution in [2.24, 2.45) is 0 Å². The number of para-hydroxylation sites is 2. The Morgan fingerprint density at radius 1 is 1.17 bits per heavy atom. The number of aromatic nitrogens is 2. The standard InChI is InChI=1S/C20H18FN5O3/c1-20(12-6-8-13(21)9-7-12)18(28)26(19(29)25-20)11-17(27)22-10-16-23-14-4-2-3-5-15(14)24-16/h2-9H,10-11H2,1H3,(H,22,27)(H,23,24)(H,25,29). The van der Waals surface area contributed by atoms with Crippen LogP contribution in [-0.2, 0) is 21.7 Å². The second kappa shape index (κ2) is 7.01. The average molecular weight is 395 g/mol. The van der Waals surface area contributed by atoms with Gasteiger partial charge in [0.25, 0.3) is 5.91 Å². The zero-order valence-electron chi connectivity index (χ0n) is 15.5. The van der Waals surface area contributed by atoms with E-state index < -0.39 is 35.7 Å². The lowest BCUT2D eigenvalue weighted by atomic mass is 9.92. The molecule has 1 aliphatic heterocycles. The number of nitrogens with one attached hydrogen (secondary N) is 3. The van der Waals surface area contributed by atoms with E-state index in [0.717, 1.165) is 15.9 Å². The lowest BCUT2D eigenvalue weighted by Crippen LogP contribution is -2.43. The molecule has 148 valence electrons. The Balaban J connectivity index is 1.41. The lowest BCUT2D eigenvalue weighted by molar-refractivity contribution is -0.134. The highest BCUT2D eigenvalue weighted by Crippen LogP contribution is 2.28. The van der Waals surface area contributed by atoms with Crippen molar-refractivity contribution < 1.29 is 18.8 Å². The molecule has 2 heterocycles. The lowest BCUT2D eigenvalue weighted by Gasteiger charge is -2.22. The third-order valence-electron chi connectivity index (χ3n) is 4.89. The number of H-pyrrole nitrogens is 1. The second-order valence-electron chi connectivity index (χ2n) is 6.93. The SMILES string of the molecule is CC1(c2ccc(F)cc2)NC(=O)N(CC(=O)NCc2nc3ccccc3[nH]2)C1=O. The molecule has 0 spiro atoms. The van der Waals surface area contributed by atoms with Gasteiger partial charge in [0.2, 0.25) is 5.91 Å². The Kier molecular flexibility index (Phi) is 4.50. The van der Waals surface area contributed by atoms with Crippen LogP contribution in [0.25, 0.3) is 11.0 Å². The molecule has 29 heavy (non-hydrogen) atoms. The van der Waals surface area contributed by atoms with E-state index >= 15 is 0 Å². The summed E-state index contributed by atoms with van der Waals surface area (Å²) in [4.78, 5) is 45.7. The number of fused-ring (bicyclic) bond motifs is 1. The maximum absolute atomic E-state index is 13.2. The van der Waals surface area contributed by atoms with Crippen LogP contribution in [-0.4, -0.2) is 39.3 Å². The number of benzene rings is 2. The first-order chi connectivity index (χ1) is 13.9. The molecule has 0 saturated carbocycles. The molecule has 4 amide bonds. The highest BCUT2D eigenvalue weighted by atomic mass is 19.1. The number of amides is 4. The van der Waals surface area contributed by atoms with Crippen LogP contribution in [0.2, 0.25) is 0 Å². The molecule has 4 rings (SSSR count). The van der Waals surface area contributed by atoms with Crippen LogP contribution in [0, 0.1) is 5.82 Å². The van der Waals surface area contributed by atoms with E-state index in [9.17, 15) is 18.8 Å². The first kappa shape index (κ1) is 18.6. The molecule has 9 heteroatoms. The molecule has 8 nitrogen and oxygen atoms in total. The number of carbonyl (C=O) groups excluding carboxylic acids is 3. The van der Waals surface area contributed by atoms with Gasteiger partial charge in [-0.2, -0.15) is 0 Å². The van der Waals surface area contributed by atoms with Gasteiger partial charge >= 0.3 is 6.03 Å². The molecule has 0 radical (unpaired) electrons. The molecule has 2 aromatic carbocycles. The monoisotopic (exact) mass is 395 g/mol. The summed E-state index contributed by atoms with van der Waals surface area (Å²) in [5.74, 6) is -0.964. The third-order valence-corrected chi connectivity index (χ3v) is 4.89. The van der Waals surface area contributed by atoms with Crippen molar-refractivity contribution in [3.63, 3.8) is 0 Å². The molecule has 3 N–H and O–H groups in total. The Hall–Kier alpha value is -3.75. The van der Waals surface area contributed by atoms with Crippen molar-refractivity contribution in [3.05, 3.63) is 65.7 Å². The first-order valence-corrected chi connectivity index (χ1v) is 8.97. The molecule has 1 aromatic heterocycles.